The van der Waals surface area contributed by atoms with Gasteiger partial charge in [-0.1, -0.05) is 44.2 Å². The quantitative estimate of drug-likeness (QED) is 0.749. The van der Waals surface area contributed by atoms with Crippen molar-refractivity contribution in [3.63, 3.8) is 0 Å². The molecule has 0 saturated carbocycles. The molecular weight excluding hydrogens is 220 g/mol. The number of aryl methyl sites for hydroxylation is 1. The topological polar surface area (TPSA) is 9.23 Å². The van der Waals surface area contributed by atoms with E-state index in [0.29, 0.717) is 5.92 Å². The average Bonchev–Trinajstić information content (AvgIpc) is 2.38. The minimum absolute atomic E-state index is 0.531. The summed E-state index contributed by atoms with van der Waals surface area (Å²) >= 11 is 0. The van der Waals surface area contributed by atoms with Crippen molar-refractivity contribution < 1.29 is 4.74 Å². The molecule has 0 amide bonds. The molecule has 1 heteroatoms. The molecule has 0 atom stereocenters. The summed E-state index contributed by atoms with van der Waals surface area (Å²) in [6.45, 7) is 6.67. The predicted molar refractivity (Wildman–Crippen MR) is 77.3 cm³/mol. The van der Waals surface area contributed by atoms with Gasteiger partial charge in [-0.15, -0.1) is 0 Å². The highest BCUT2D eigenvalue weighted by Crippen LogP contribution is 2.32. The van der Waals surface area contributed by atoms with Crippen molar-refractivity contribution in [2.45, 2.75) is 26.7 Å². The Morgan fingerprint density at radius 1 is 0.944 bits per heavy atom. The lowest BCUT2D eigenvalue weighted by Gasteiger charge is -2.16. The Morgan fingerprint density at radius 2 is 1.61 bits per heavy atom. The molecule has 0 heterocycles. The molecule has 2 rings (SSSR count). The fraction of sp³-hybridized carbons (Fsp3) is 0.294. The summed E-state index contributed by atoms with van der Waals surface area (Å²) in [7, 11) is 1.70. The molecule has 0 fully saturated rings. The SMILES string of the molecule is COc1ccc(-c2cccc(C)c2C(C)C)cc1. The average molecular weight is 240 g/mol. The van der Waals surface area contributed by atoms with E-state index in [9.17, 15) is 0 Å². The molecule has 18 heavy (non-hydrogen) atoms. The summed E-state index contributed by atoms with van der Waals surface area (Å²) in [5, 5.41) is 0. The van der Waals surface area contributed by atoms with E-state index in [-0.39, 0.29) is 0 Å². The van der Waals surface area contributed by atoms with Gasteiger partial charge in [0.2, 0.25) is 0 Å². The molecule has 2 aromatic carbocycles. The molecule has 2 aromatic rings. The molecular formula is C17H20O. The Labute approximate surface area is 109 Å². The van der Waals surface area contributed by atoms with Gasteiger partial charge in [-0.3, -0.25) is 0 Å². The molecule has 0 bridgehead atoms. The first-order valence-corrected chi connectivity index (χ1v) is 6.37. The van der Waals surface area contributed by atoms with Crippen LogP contribution in [0.25, 0.3) is 11.1 Å². The lowest BCUT2D eigenvalue weighted by molar-refractivity contribution is 0.415. The Bertz CT molecular complexity index is 524. The first-order chi connectivity index (χ1) is 8.63. The molecule has 0 saturated heterocycles. The van der Waals surface area contributed by atoms with Crippen LogP contribution in [0.15, 0.2) is 42.5 Å². The highest BCUT2D eigenvalue weighted by Gasteiger charge is 2.10. The molecule has 0 aliphatic heterocycles. The maximum atomic E-state index is 5.21. The maximum absolute atomic E-state index is 5.21. The fourth-order valence-electron chi connectivity index (χ4n) is 2.47. The summed E-state index contributed by atoms with van der Waals surface area (Å²) < 4.78 is 5.21. The third-order valence-corrected chi connectivity index (χ3v) is 3.30. The van der Waals surface area contributed by atoms with Crippen LogP contribution in [0.4, 0.5) is 0 Å². The Kier molecular flexibility index (Phi) is 3.71. The lowest BCUT2D eigenvalue weighted by Crippen LogP contribution is -1.96. The standard InChI is InChI=1S/C17H20O/c1-12(2)17-13(3)6-5-7-16(17)14-8-10-15(18-4)11-9-14/h5-12H,1-4H3. The highest BCUT2D eigenvalue weighted by atomic mass is 16.5. The Balaban J connectivity index is 2.52. The van der Waals surface area contributed by atoms with Crippen LogP contribution in [0, 0.1) is 6.92 Å². The van der Waals surface area contributed by atoms with E-state index in [1.54, 1.807) is 7.11 Å². The van der Waals surface area contributed by atoms with Crippen LogP contribution in [-0.2, 0) is 0 Å². The highest BCUT2D eigenvalue weighted by molar-refractivity contribution is 5.70. The summed E-state index contributed by atoms with van der Waals surface area (Å²) in [5.74, 6) is 1.43. The largest absolute Gasteiger partial charge is 0.497 e. The monoisotopic (exact) mass is 240 g/mol. The van der Waals surface area contributed by atoms with Crippen molar-refractivity contribution in [3.05, 3.63) is 53.6 Å². The van der Waals surface area contributed by atoms with Crippen molar-refractivity contribution in [3.8, 4) is 16.9 Å². The molecule has 0 N–H and O–H groups in total. The molecule has 94 valence electrons. The number of hydrogen-bond acceptors (Lipinski definition) is 1. The second kappa shape index (κ2) is 5.26. The van der Waals surface area contributed by atoms with Crippen LogP contribution in [0.1, 0.15) is 30.9 Å². The Hall–Kier alpha value is -1.76. The molecule has 0 radical (unpaired) electrons. The smallest absolute Gasteiger partial charge is 0.118 e. The van der Waals surface area contributed by atoms with E-state index in [2.05, 4.69) is 51.1 Å². The first kappa shape index (κ1) is 12.7. The predicted octanol–water partition coefficient (Wildman–Crippen LogP) is 4.79. The van der Waals surface area contributed by atoms with Gasteiger partial charge in [0.25, 0.3) is 0 Å². The summed E-state index contributed by atoms with van der Waals surface area (Å²) in [6.07, 6.45) is 0. The Morgan fingerprint density at radius 3 is 2.17 bits per heavy atom. The van der Waals surface area contributed by atoms with E-state index >= 15 is 0 Å². The van der Waals surface area contributed by atoms with Gasteiger partial charge in [-0.05, 0) is 47.2 Å². The van der Waals surface area contributed by atoms with Crippen LogP contribution in [0.5, 0.6) is 5.75 Å². The third kappa shape index (κ3) is 2.40. The molecule has 0 aliphatic rings. The van der Waals surface area contributed by atoms with E-state index in [4.69, 9.17) is 4.74 Å². The zero-order chi connectivity index (χ0) is 13.1. The molecule has 0 aliphatic carbocycles. The zero-order valence-electron chi connectivity index (χ0n) is 11.5. The number of methoxy groups -OCH3 is 1. The first-order valence-electron chi connectivity index (χ1n) is 6.37. The molecule has 0 aromatic heterocycles. The van der Waals surface area contributed by atoms with Gasteiger partial charge in [0.1, 0.15) is 5.75 Å². The van der Waals surface area contributed by atoms with Crippen molar-refractivity contribution in [2.75, 3.05) is 7.11 Å². The third-order valence-electron chi connectivity index (χ3n) is 3.30. The lowest BCUT2D eigenvalue weighted by atomic mass is 9.89. The molecule has 0 unspecified atom stereocenters. The van der Waals surface area contributed by atoms with E-state index < -0.39 is 0 Å². The minimum atomic E-state index is 0.531. The number of rotatable bonds is 3. The van der Waals surface area contributed by atoms with E-state index in [0.717, 1.165) is 5.75 Å². The van der Waals surface area contributed by atoms with Crippen molar-refractivity contribution in [2.24, 2.45) is 0 Å². The summed E-state index contributed by atoms with van der Waals surface area (Å²) in [5.41, 5.74) is 5.37. The zero-order valence-corrected chi connectivity index (χ0v) is 11.5. The summed E-state index contributed by atoms with van der Waals surface area (Å²) in [6, 6.07) is 14.8. The van der Waals surface area contributed by atoms with E-state index in [1.807, 2.05) is 12.1 Å². The van der Waals surface area contributed by atoms with Crippen molar-refractivity contribution >= 4 is 0 Å². The van der Waals surface area contributed by atoms with Crippen molar-refractivity contribution in [1.82, 2.24) is 0 Å². The number of ether oxygens (including phenoxy) is 1. The van der Waals surface area contributed by atoms with Gasteiger partial charge in [0.05, 0.1) is 7.11 Å². The number of hydrogen-bond donors (Lipinski definition) is 0. The summed E-state index contributed by atoms with van der Waals surface area (Å²) in [4.78, 5) is 0. The van der Waals surface area contributed by atoms with E-state index in [1.165, 1.54) is 22.3 Å². The van der Waals surface area contributed by atoms with Crippen LogP contribution < -0.4 is 4.74 Å². The van der Waals surface area contributed by atoms with Crippen LogP contribution in [0.2, 0.25) is 0 Å². The van der Waals surface area contributed by atoms with Gasteiger partial charge in [-0.25, -0.2) is 0 Å². The van der Waals surface area contributed by atoms with Gasteiger partial charge in [0, 0.05) is 0 Å². The number of benzene rings is 2. The fourth-order valence-corrected chi connectivity index (χ4v) is 2.47. The molecule has 1 nitrogen and oxygen atoms in total. The van der Waals surface area contributed by atoms with Crippen LogP contribution >= 0.6 is 0 Å². The van der Waals surface area contributed by atoms with Crippen molar-refractivity contribution in [1.29, 1.82) is 0 Å². The second-order valence-electron chi connectivity index (χ2n) is 4.92. The van der Waals surface area contributed by atoms with Crippen LogP contribution in [0.3, 0.4) is 0 Å². The van der Waals surface area contributed by atoms with Gasteiger partial charge < -0.3 is 4.74 Å². The normalized spacial score (nSPS) is 10.7. The van der Waals surface area contributed by atoms with Gasteiger partial charge in [0.15, 0.2) is 0 Å². The van der Waals surface area contributed by atoms with Gasteiger partial charge >= 0.3 is 0 Å². The second-order valence-corrected chi connectivity index (χ2v) is 4.92. The van der Waals surface area contributed by atoms with Gasteiger partial charge in [-0.2, -0.15) is 0 Å². The van der Waals surface area contributed by atoms with Crippen LogP contribution in [-0.4, -0.2) is 7.11 Å². The minimum Gasteiger partial charge on any atom is -0.497 e. The maximum Gasteiger partial charge on any atom is 0.118 e. The molecule has 0 spiro atoms.